The lowest BCUT2D eigenvalue weighted by atomic mass is 10.0. The van der Waals surface area contributed by atoms with E-state index in [4.69, 9.17) is 4.74 Å². The number of pyridine rings is 1. The van der Waals surface area contributed by atoms with E-state index in [-0.39, 0.29) is 18.2 Å². The van der Waals surface area contributed by atoms with E-state index in [9.17, 15) is 14.7 Å². The third kappa shape index (κ3) is 5.43. The minimum Gasteiger partial charge on any atom is -0.465 e. The fraction of sp³-hybridized carbons (Fsp3) is 0.423. The molecule has 1 saturated carbocycles. The van der Waals surface area contributed by atoms with Gasteiger partial charge in [0.2, 0.25) is 5.91 Å². The second-order valence-electron chi connectivity index (χ2n) is 9.71. The van der Waals surface area contributed by atoms with Crippen LogP contribution in [0.4, 0.5) is 9.18 Å². The number of fused-ring (bicyclic) bond motifs is 1. The van der Waals surface area contributed by atoms with Gasteiger partial charge in [-0.25, -0.2) is 14.2 Å². The lowest BCUT2D eigenvalue weighted by molar-refractivity contribution is -0.124. The fourth-order valence-electron chi connectivity index (χ4n) is 4.77. The summed E-state index contributed by atoms with van der Waals surface area (Å²) in [6.45, 7) is 1.73. The summed E-state index contributed by atoms with van der Waals surface area (Å²) in [7, 11) is 2.02. The summed E-state index contributed by atoms with van der Waals surface area (Å²) in [4.78, 5) is 33.9. The van der Waals surface area contributed by atoms with Crippen LogP contribution in [-0.4, -0.2) is 64.2 Å². The zero-order chi connectivity index (χ0) is 25.2. The van der Waals surface area contributed by atoms with Crippen molar-refractivity contribution < 1.29 is 23.8 Å². The van der Waals surface area contributed by atoms with E-state index in [1.54, 1.807) is 18.3 Å². The minimum absolute atomic E-state index is 0.00883. The molecule has 3 heterocycles. The van der Waals surface area contributed by atoms with E-state index >= 15 is 4.39 Å². The molecule has 2 fully saturated rings. The van der Waals surface area contributed by atoms with Crippen molar-refractivity contribution in [3.63, 3.8) is 0 Å². The Morgan fingerprint density at radius 2 is 2.00 bits per heavy atom. The molecule has 1 aliphatic heterocycles. The molecule has 2 amide bonds. The molecule has 0 bridgehead atoms. The Balaban J connectivity index is 1.30. The van der Waals surface area contributed by atoms with Crippen LogP contribution in [0.25, 0.3) is 11.0 Å². The van der Waals surface area contributed by atoms with Crippen molar-refractivity contribution in [2.24, 2.45) is 0 Å². The summed E-state index contributed by atoms with van der Waals surface area (Å²) >= 11 is 0. The summed E-state index contributed by atoms with van der Waals surface area (Å²) < 4.78 is 21.0. The number of nitrogens with zero attached hydrogens (tertiary/aromatic N) is 2. The van der Waals surface area contributed by atoms with E-state index in [1.807, 2.05) is 13.2 Å². The second-order valence-corrected chi connectivity index (χ2v) is 9.71. The molecule has 0 spiro atoms. The SMILES string of the molecule is CN1CCC(NC(=O)C(Cc2ccc(Oc3ccnc4[nH]cc(C5CC5)c34)c(F)c2)NC(=O)O)CC1. The van der Waals surface area contributed by atoms with Crippen molar-refractivity contribution in [3.8, 4) is 11.5 Å². The molecule has 3 aromatic rings. The highest BCUT2D eigenvalue weighted by Crippen LogP contribution is 2.45. The molecular formula is C26H30FN5O4. The Kier molecular flexibility index (Phi) is 6.77. The number of benzene rings is 1. The van der Waals surface area contributed by atoms with Crippen LogP contribution in [0.3, 0.4) is 0 Å². The van der Waals surface area contributed by atoms with Crippen LogP contribution in [0.5, 0.6) is 11.5 Å². The van der Waals surface area contributed by atoms with E-state index in [1.165, 1.54) is 12.1 Å². The Labute approximate surface area is 208 Å². The number of piperidine rings is 1. The molecule has 10 heteroatoms. The molecule has 2 aliphatic rings. The van der Waals surface area contributed by atoms with Crippen LogP contribution in [0.15, 0.2) is 36.7 Å². The highest BCUT2D eigenvalue weighted by atomic mass is 19.1. The maximum Gasteiger partial charge on any atom is 0.405 e. The maximum atomic E-state index is 15.1. The molecule has 190 valence electrons. The van der Waals surface area contributed by atoms with Crippen LogP contribution in [-0.2, 0) is 11.2 Å². The number of carboxylic acid groups (broad SMARTS) is 1. The molecule has 1 atom stereocenters. The first-order valence-corrected chi connectivity index (χ1v) is 12.3. The van der Waals surface area contributed by atoms with E-state index in [0.29, 0.717) is 22.9 Å². The van der Waals surface area contributed by atoms with Gasteiger partial charge in [-0.15, -0.1) is 0 Å². The highest BCUT2D eigenvalue weighted by molar-refractivity contribution is 5.87. The summed E-state index contributed by atoms with van der Waals surface area (Å²) in [6, 6.07) is 5.11. The van der Waals surface area contributed by atoms with Gasteiger partial charge in [-0.2, -0.15) is 0 Å². The van der Waals surface area contributed by atoms with Gasteiger partial charge in [0, 0.05) is 24.9 Å². The first-order chi connectivity index (χ1) is 17.4. The predicted molar refractivity (Wildman–Crippen MR) is 132 cm³/mol. The number of aromatic amines is 1. The van der Waals surface area contributed by atoms with Gasteiger partial charge in [0.25, 0.3) is 0 Å². The Hall–Kier alpha value is -3.66. The van der Waals surface area contributed by atoms with Gasteiger partial charge >= 0.3 is 6.09 Å². The van der Waals surface area contributed by atoms with E-state index < -0.39 is 23.9 Å². The van der Waals surface area contributed by atoms with Crippen molar-refractivity contribution in [1.82, 2.24) is 25.5 Å². The van der Waals surface area contributed by atoms with Crippen molar-refractivity contribution in [1.29, 1.82) is 0 Å². The maximum absolute atomic E-state index is 15.1. The predicted octanol–water partition coefficient (Wildman–Crippen LogP) is 3.76. The van der Waals surface area contributed by atoms with Crippen molar-refractivity contribution in [2.75, 3.05) is 20.1 Å². The Bertz CT molecular complexity index is 1270. The summed E-state index contributed by atoms with van der Waals surface area (Å²) in [6.07, 6.45) is 6.09. The number of H-pyrrole nitrogens is 1. The van der Waals surface area contributed by atoms with Gasteiger partial charge < -0.3 is 30.4 Å². The summed E-state index contributed by atoms with van der Waals surface area (Å²) in [5.41, 5.74) is 2.31. The monoisotopic (exact) mass is 495 g/mol. The largest absolute Gasteiger partial charge is 0.465 e. The smallest absolute Gasteiger partial charge is 0.405 e. The first-order valence-electron chi connectivity index (χ1n) is 12.3. The number of amides is 2. The zero-order valence-electron chi connectivity index (χ0n) is 20.1. The molecule has 2 aromatic heterocycles. The van der Waals surface area contributed by atoms with Gasteiger partial charge in [-0.05, 0) is 81.1 Å². The van der Waals surface area contributed by atoms with Crippen molar-refractivity contribution in [2.45, 2.75) is 50.1 Å². The van der Waals surface area contributed by atoms with Crippen LogP contribution >= 0.6 is 0 Å². The molecule has 0 radical (unpaired) electrons. The number of halogens is 1. The standard InChI is InChI=1S/C26H30FN5O4/c1-32-10-7-17(8-11-32)30-25(33)20(31-26(34)35)13-15-2-5-21(19(27)12-15)36-22-6-9-28-24-23(22)18(14-29-24)16-3-4-16/h2,5-6,9,12,14,16-17,20,31H,3-4,7-8,10-11,13H2,1H3,(H,28,29)(H,30,33)(H,34,35). The average Bonchev–Trinajstić information content (AvgIpc) is 3.60. The van der Waals surface area contributed by atoms with Crippen LogP contribution in [0, 0.1) is 5.82 Å². The molecule has 9 nitrogen and oxygen atoms in total. The Morgan fingerprint density at radius 1 is 1.22 bits per heavy atom. The highest BCUT2D eigenvalue weighted by Gasteiger charge is 2.29. The van der Waals surface area contributed by atoms with Crippen molar-refractivity contribution in [3.05, 3.63) is 53.6 Å². The minimum atomic E-state index is -1.31. The van der Waals surface area contributed by atoms with Crippen LogP contribution < -0.4 is 15.4 Å². The second kappa shape index (κ2) is 10.1. The molecule has 5 rings (SSSR count). The first kappa shape index (κ1) is 24.1. The third-order valence-corrected chi connectivity index (χ3v) is 6.92. The number of likely N-dealkylation sites (tertiary alicyclic amines) is 1. The number of hydrogen-bond donors (Lipinski definition) is 4. The number of carbonyl (C=O) groups excluding carboxylic acids is 1. The summed E-state index contributed by atoms with van der Waals surface area (Å²) in [5.74, 6) is 0.0417. The number of ether oxygens (including phenoxy) is 1. The van der Waals surface area contributed by atoms with Gasteiger partial charge in [-0.3, -0.25) is 4.79 Å². The van der Waals surface area contributed by atoms with Crippen LogP contribution in [0.1, 0.15) is 42.7 Å². The molecule has 36 heavy (non-hydrogen) atoms. The van der Waals surface area contributed by atoms with Gasteiger partial charge in [0.15, 0.2) is 11.6 Å². The van der Waals surface area contributed by atoms with Gasteiger partial charge in [-0.1, -0.05) is 6.07 Å². The number of rotatable bonds is 8. The molecular weight excluding hydrogens is 465 g/mol. The number of aromatic nitrogens is 2. The van der Waals surface area contributed by atoms with E-state index in [0.717, 1.165) is 49.7 Å². The molecule has 1 saturated heterocycles. The van der Waals surface area contributed by atoms with Gasteiger partial charge in [0.05, 0.1) is 5.39 Å². The van der Waals surface area contributed by atoms with E-state index in [2.05, 4.69) is 25.5 Å². The summed E-state index contributed by atoms with van der Waals surface area (Å²) in [5, 5.41) is 15.3. The number of hydrogen-bond acceptors (Lipinski definition) is 5. The number of nitrogens with one attached hydrogen (secondary N) is 3. The lowest BCUT2D eigenvalue weighted by Crippen LogP contribution is -2.52. The molecule has 1 aliphatic carbocycles. The lowest BCUT2D eigenvalue weighted by Gasteiger charge is -2.30. The zero-order valence-corrected chi connectivity index (χ0v) is 20.1. The topological polar surface area (TPSA) is 120 Å². The average molecular weight is 496 g/mol. The third-order valence-electron chi connectivity index (χ3n) is 6.92. The quantitative estimate of drug-likeness (QED) is 0.378. The van der Waals surface area contributed by atoms with Crippen molar-refractivity contribution >= 4 is 23.0 Å². The fourth-order valence-corrected chi connectivity index (χ4v) is 4.77. The van der Waals surface area contributed by atoms with Gasteiger partial charge in [0.1, 0.15) is 17.4 Å². The van der Waals surface area contributed by atoms with Crippen LogP contribution in [0.2, 0.25) is 0 Å². The number of carbonyl (C=O) groups is 2. The molecule has 1 aromatic carbocycles. The molecule has 4 N–H and O–H groups in total. The normalized spacial score (nSPS) is 17.6. The Morgan fingerprint density at radius 3 is 2.69 bits per heavy atom. The molecule has 1 unspecified atom stereocenters.